The van der Waals surface area contributed by atoms with Crippen LogP contribution in [-0.2, 0) is 17.7 Å². The van der Waals surface area contributed by atoms with Crippen molar-refractivity contribution < 1.29 is 4.74 Å². The third-order valence-corrected chi connectivity index (χ3v) is 4.68. The smallest absolute Gasteiger partial charge is 0.186 e. The highest BCUT2D eigenvalue weighted by atomic mass is 32.1. The standard InChI is InChI=1S/C15H27N3OS/c1-5-13-14(10-16-11(2)3)20-15(17-13)18(8-9-19-4)12-6-7-12/h11-12,16H,5-10H2,1-4H3. The first-order valence-electron chi connectivity index (χ1n) is 7.63. The fraction of sp³-hybridized carbons (Fsp3) is 0.800. The van der Waals surface area contributed by atoms with Crippen molar-refractivity contribution in [3.63, 3.8) is 0 Å². The van der Waals surface area contributed by atoms with Crippen LogP contribution in [0.3, 0.4) is 0 Å². The normalized spacial score (nSPS) is 15.1. The van der Waals surface area contributed by atoms with Crippen molar-refractivity contribution in [1.29, 1.82) is 0 Å². The highest BCUT2D eigenvalue weighted by molar-refractivity contribution is 7.15. The predicted molar refractivity (Wildman–Crippen MR) is 85.7 cm³/mol. The lowest BCUT2D eigenvalue weighted by Crippen LogP contribution is -2.29. The van der Waals surface area contributed by atoms with Crippen molar-refractivity contribution in [3.05, 3.63) is 10.6 Å². The zero-order valence-electron chi connectivity index (χ0n) is 13.1. The van der Waals surface area contributed by atoms with Gasteiger partial charge in [0.1, 0.15) is 0 Å². The summed E-state index contributed by atoms with van der Waals surface area (Å²) in [7, 11) is 1.77. The van der Waals surface area contributed by atoms with E-state index in [0.29, 0.717) is 12.1 Å². The number of aryl methyl sites for hydroxylation is 1. The van der Waals surface area contributed by atoms with Crippen molar-refractivity contribution in [2.24, 2.45) is 0 Å². The van der Waals surface area contributed by atoms with E-state index in [1.54, 1.807) is 7.11 Å². The number of nitrogens with zero attached hydrogens (tertiary/aromatic N) is 2. The molecular formula is C15H27N3OS. The highest BCUT2D eigenvalue weighted by Crippen LogP contribution is 2.35. The minimum Gasteiger partial charge on any atom is -0.383 e. The molecule has 0 unspecified atom stereocenters. The van der Waals surface area contributed by atoms with Crippen LogP contribution in [0.5, 0.6) is 0 Å². The van der Waals surface area contributed by atoms with Crippen LogP contribution in [0, 0.1) is 0 Å². The molecule has 1 fully saturated rings. The van der Waals surface area contributed by atoms with Gasteiger partial charge in [0, 0.05) is 37.2 Å². The van der Waals surface area contributed by atoms with Crippen LogP contribution in [0.1, 0.15) is 44.2 Å². The molecule has 1 aromatic heterocycles. The molecule has 0 bridgehead atoms. The van der Waals surface area contributed by atoms with Gasteiger partial charge >= 0.3 is 0 Å². The molecule has 5 heteroatoms. The Labute approximate surface area is 126 Å². The number of anilines is 1. The van der Waals surface area contributed by atoms with Gasteiger partial charge in [-0.25, -0.2) is 4.98 Å². The summed E-state index contributed by atoms with van der Waals surface area (Å²) in [6, 6.07) is 1.20. The molecule has 1 aromatic rings. The fourth-order valence-corrected chi connectivity index (χ4v) is 3.41. The second-order valence-corrected chi connectivity index (χ2v) is 6.73. The van der Waals surface area contributed by atoms with Crippen LogP contribution >= 0.6 is 11.3 Å². The van der Waals surface area contributed by atoms with Gasteiger partial charge < -0.3 is 15.0 Å². The molecule has 4 nitrogen and oxygen atoms in total. The van der Waals surface area contributed by atoms with Gasteiger partial charge in [0.25, 0.3) is 0 Å². The highest BCUT2D eigenvalue weighted by Gasteiger charge is 2.31. The molecule has 0 atom stereocenters. The van der Waals surface area contributed by atoms with E-state index in [9.17, 15) is 0 Å². The number of hydrogen-bond acceptors (Lipinski definition) is 5. The average Bonchev–Trinajstić information content (AvgIpc) is 3.17. The Bertz CT molecular complexity index is 415. The summed E-state index contributed by atoms with van der Waals surface area (Å²) in [6.07, 6.45) is 3.60. The Morgan fingerprint density at radius 1 is 1.45 bits per heavy atom. The number of aromatic nitrogens is 1. The van der Waals surface area contributed by atoms with Gasteiger partial charge in [-0.05, 0) is 19.3 Å². The Morgan fingerprint density at radius 3 is 2.75 bits per heavy atom. The lowest BCUT2D eigenvalue weighted by Gasteiger charge is -2.20. The minimum atomic E-state index is 0.512. The molecule has 0 saturated heterocycles. The van der Waals surface area contributed by atoms with Crippen LogP contribution in [0.2, 0.25) is 0 Å². The van der Waals surface area contributed by atoms with Crippen molar-refractivity contribution in [2.75, 3.05) is 25.2 Å². The molecule has 1 aliphatic carbocycles. The van der Waals surface area contributed by atoms with Crippen LogP contribution in [-0.4, -0.2) is 37.3 Å². The average molecular weight is 297 g/mol. The summed E-state index contributed by atoms with van der Waals surface area (Å²) in [5.41, 5.74) is 1.25. The molecule has 1 heterocycles. The zero-order chi connectivity index (χ0) is 14.5. The molecule has 0 amide bonds. The molecule has 0 radical (unpaired) electrons. The van der Waals surface area contributed by atoms with Gasteiger partial charge in [0.05, 0.1) is 12.3 Å². The van der Waals surface area contributed by atoms with Crippen molar-refractivity contribution >= 4 is 16.5 Å². The maximum atomic E-state index is 5.24. The van der Waals surface area contributed by atoms with Crippen LogP contribution < -0.4 is 10.2 Å². The van der Waals surface area contributed by atoms with Crippen LogP contribution in [0.25, 0.3) is 0 Å². The molecule has 0 aliphatic heterocycles. The largest absolute Gasteiger partial charge is 0.383 e. The molecule has 1 N–H and O–H groups in total. The van der Waals surface area contributed by atoms with Gasteiger partial charge in [-0.2, -0.15) is 0 Å². The van der Waals surface area contributed by atoms with Gasteiger partial charge in [-0.15, -0.1) is 11.3 Å². The first-order valence-corrected chi connectivity index (χ1v) is 8.44. The molecular weight excluding hydrogens is 270 g/mol. The third-order valence-electron chi connectivity index (χ3n) is 3.54. The quantitative estimate of drug-likeness (QED) is 0.760. The Balaban J connectivity index is 2.09. The molecule has 2 rings (SSSR count). The molecule has 1 aliphatic rings. The topological polar surface area (TPSA) is 37.4 Å². The lowest BCUT2D eigenvalue weighted by atomic mass is 10.3. The fourth-order valence-electron chi connectivity index (χ4n) is 2.21. The maximum Gasteiger partial charge on any atom is 0.186 e. The van der Waals surface area contributed by atoms with Crippen molar-refractivity contribution in [2.45, 2.75) is 58.7 Å². The monoisotopic (exact) mass is 297 g/mol. The first-order chi connectivity index (χ1) is 9.65. The summed E-state index contributed by atoms with van der Waals surface area (Å²) in [6.45, 7) is 9.22. The van der Waals surface area contributed by atoms with E-state index >= 15 is 0 Å². The second kappa shape index (κ2) is 7.38. The van der Waals surface area contributed by atoms with E-state index in [-0.39, 0.29) is 0 Å². The second-order valence-electron chi connectivity index (χ2n) is 5.67. The van der Waals surface area contributed by atoms with Gasteiger partial charge in [0.2, 0.25) is 0 Å². The molecule has 0 spiro atoms. The Morgan fingerprint density at radius 2 is 2.20 bits per heavy atom. The maximum absolute atomic E-state index is 5.24. The third kappa shape index (κ3) is 4.17. The number of methoxy groups -OCH3 is 1. The summed E-state index contributed by atoms with van der Waals surface area (Å²) in [5, 5.41) is 4.69. The number of nitrogens with one attached hydrogen (secondary N) is 1. The van der Waals surface area contributed by atoms with Crippen LogP contribution in [0.15, 0.2) is 0 Å². The van der Waals surface area contributed by atoms with E-state index in [4.69, 9.17) is 9.72 Å². The number of rotatable bonds is 9. The summed E-state index contributed by atoms with van der Waals surface area (Å²) in [4.78, 5) is 8.69. The summed E-state index contributed by atoms with van der Waals surface area (Å²) < 4.78 is 5.24. The minimum absolute atomic E-state index is 0.512. The lowest BCUT2D eigenvalue weighted by molar-refractivity contribution is 0.205. The van der Waals surface area contributed by atoms with Gasteiger partial charge in [-0.3, -0.25) is 0 Å². The number of hydrogen-bond donors (Lipinski definition) is 1. The zero-order valence-corrected chi connectivity index (χ0v) is 13.9. The summed E-state index contributed by atoms with van der Waals surface area (Å²) >= 11 is 1.85. The molecule has 20 heavy (non-hydrogen) atoms. The predicted octanol–water partition coefficient (Wildman–Crippen LogP) is 2.82. The van der Waals surface area contributed by atoms with E-state index in [1.807, 2.05) is 11.3 Å². The van der Waals surface area contributed by atoms with E-state index in [2.05, 4.69) is 31.0 Å². The first kappa shape index (κ1) is 15.7. The SMILES string of the molecule is CCc1nc(N(CCOC)C2CC2)sc1CNC(C)C. The van der Waals surface area contributed by atoms with E-state index < -0.39 is 0 Å². The van der Waals surface area contributed by atoms with Crippen LogP contribution in [0.4, 0.5) is 5.13 Å². The summed E-state index contributed by atoms with van der Waals surface area (Å²) in [5.74, 6) is 0. The van der Waals surface area contributed by atoms with Crippen molar-refractivity contribution in [1.82, 2.24) is 10.3 Å². The number of ether oxygens (including phenoxy) is 1. The van der Waals surface area contributed by atoms with Gasteiger partial charge in [0.15, 0.2) is 5.13 Å². The van der Waals surface area contributed by atoms with E-state index in [0.717, 1.165) is 26.1 Å². The van der Waals surface area contributed by atoms with Crippen molar-refractivity contribution in [3.8, 4) is 0 Å². The van der Waals surface area contributed by atoms with Gasteiger partial charge in [-0.1, -0.05) is 20.8 Å². The van der Waals surface area contributed by atoms with E-state index in [1.165, 1.54) is 28.5 Å². The molecule has 114 valence electrons. The number of thiazole rings is 1. The Kier molecular flexibility index (Phi) is 5.81. The Hall–Kier alpha value is -0.650. The molecule has 1 saturated carbocycles. The molecule has 0 aromatic carbocycles.